The highest BCUT2D eigenvalue weighted by Gasteiger charge is 2.14. The van der Waals surface area contributed by atoms with Crippen LogP contribution in [0.2, 0.25) is 0 Å². The Morgan fingerprint density at radius 2 is 2.06 bits per heavy atom. The Labute approximate surface area is 116 Å². The maximum absolute atomic E-state index is 5.81. The van der Waals surface area contributed by atoms with Gasteiger partial charge in [-0.1, -0.05) is 28.1 Å². The Morgan fingerprint density at radius 3 is 2.69 bits per heavy atom. The monoisotopic (exact) mass is 359 g/mol. The van der Waals surface area contributed by atoms with E-state index in [4.69, 9.17) is 5.73 Å². The molecule has 16 heavy (non-hydrogen) atoms. The molecule has 0 fully saturated rings. The van der Waals surface area contributed by atoms with Crippen LogP contribution in [0.25, 0.3) is 11.1 Å². The maximum Gasteiger partial charge on any atom is 0.0752 e. The van der Waals surface area contributed by atoms with E-state index in [0.717, 1.165) is 8.26 Å². The second-order valence-electron chi connectivity index (χ2n) is 3.50. The van der Waals surface area contributed by atoms with Crippen LogP contribution in [0, 0.1) is 6.92 Å². The minimum Gasteiger partial charge on any atom is -0.326 e. The average Bonchev–Trinajstić information content (AvgIpc) is 2.52. The molecule has 1 heterocycles. The minimum atomic E-state index is 0.562. The lowest BCUT2D eigenvalue weighted by molar-refractivity contribution is 1.08. The van der Waals surface area contributed by atoms with Crippen molar-refractivity contribution in [1.29, 1.82) is 0 Å². The van der Waals surface area contributed by atoms with Crippen molar-refractivity contribution in [3.8, 4) is 11.1 Å². The van der Waals surface area contributed by atoms with Gasteiger partial charge in [0, 0.05) is 21.5 Å². The van der Waals surface area contributed by atoms with Gasteiger partial charge >= 0.3 is 0 Å². The summed E-state index contributed by atoms with van der Waals surface area (Å²) >= 11 is 8.81. The topological polar surface area (TPSA) is 26.0 Å². The van der Waals surface area contributed by atoms with E-state index in [1.54, 1.807) is 11.3 Å². The normalized spacial score (nSPS) is 10.8. The lowest BCUT2D eigenvalue weighted by atomic mass is 10.0. The number of halogens is 2. The fourth-order valence-electron chi connectivity index (χ4n) is 1.76. The Balaban J connectivity index is 2.63. The molecule has 0 aliphatic rings. The van der Waals surface area contributed by atoms with Gasteiger partial charge in [0.2, 0.25) is 0 Å². The predicted octanol–water partition coefficient (Wildman–Crippen LogP) is 4.71. The van der Waals surface area contributed by atoms with Crippen LogP contribution in [0.1, 0.15) is 10.4 Å². The van der Waals surface area contributed by atoms with Crippen LogP contribution >= 0.6 is 43.2 Å². The van der Waals surface area contributed by atoms with Gasteiger partial charge in [-0.2, -0.15) is 0 Å². The molecular weight excluding hydrogens is 350 g/mol. The molecule has 2 rings (SSSR count). The summed E-state index contributed by atoms with van der Waals surface area (Å²) < 4.78 is 2.23. The number of thiophene rings is 1. The maximum atomic E-state index is 5.81. The summed E-state index contributed by atoms with van der Waals surface area (Å²) in [6.07, 6.45) is 0. The van der Waals surface area contributed by atoms with E-state index < -0.39 is 0 Å². The van der Waals surface area contributed by atoms with E-state index in [9.17, 15) is 0 Å². The van der Waals surface area contributed by atoms with Crippen LogP contribution < -0.4 is 5.73 Å². The highest BCUT2D eigenvalue weighted by Crippen LogP contribution is 2.39. The van der Waals surface area contributed by atoms with Crippen LogP contribution in [-0.2, 0) is 6.54 Å². The highest BCUT2D eigenvalue weighted by atomic mass is 79.9. The zero-order chi connectivity index (χ0) is 11.7. The van der Waals surface area contributed by atoms with Crippen molar-refractivity contribution in [3.63, 3.8) is 0 Å². The van der Waals surface area contributed by atoms with Gasteiger partial charge in [-0.25, -0.2) is 0 Å². The zero-order valence-electron chi connectivity index (χ0n) is 8.76. The summed E-state index contributed by atoms with van der Waals surface area (Å²) in [7, 11) is 0. The van der Waals surface area contributed by atoms with Crippen LogP contribution in [0.4, 0.5) is 0 Å². The lowest BCUT2D eigenvalue weighted by Crippen LogP contribution is -1.97. The van der Waals surface area contributed by atoms with Crippen LogP contribution in [0.5, 0.6) is 0 Å². The summed E-state index contributed by atoms with van der Waals surface area (Å²) in [4.78, 5) is 1.30. The van der Waals surface area contributed by atoms with Gasteiger partial charge in [0.05, 0.1) is 3.79 Å². The smallest absolute Gasteiger partial charge is 0.0752 e. The van der Waals surface area contributed by atoms with Gasteiger partial charge in [-0.15, -0.1) is 11.3 Å². The molecule has 0 atom stereocenters. The minimum absolute atomic E-state index is 0.562. The number of hydrogen-bond acceptors (Lipinski definition) is 2. The van der Waals surface area contributed by atoms with Crippen molar-refractivity contribution in [1.82, 2.24) is 0 Å². The molecule has 0 aliphatic heterocycles. The molecule has 2 N–H and O–H groups in total. The van der Waals surface area contributed by atoms with Crippen molar-refractivity contribution in [3.05, 3.63) is 43.0 Å². The molecular formula is C12H11Br2NS. The lowest BCUT2D eigenvalue weighted by Gasteiger charge is -2.05. The number of hydrogen-bond donors (Lipinski definition) is 1. The SMILES string of the molecule is Cc1sc(Br)c(CN)c1-c1cccc(Br)c1. The fraction of sp³-hybridized carbons (Fsp3) is 0.167. The number of aryl methyl sites for hydroxylation is 1. The Hall–Kier alpha value is -0.160. The van der Waals surface area contributed by atoms with Crippen LogP contribution in [-0.4, -0.2) is 0 Å². The van der Waals surface area contributed by atoms with Gasteiger partial charge < -0.3 is 5.73 Å². The first-order valence-corrected chi connectivity index (χ1v) is 7.27. The third-order valence-electron chi connectivity index (χ3n) is 2.45. The first kappa shape index (κ1) is 12.3. The summed E-state index contributed by atoms with van der Waals surface area (Å²) in [6.45, 7) is 2.69. The van der Waals surface area contributed by atoms with Crippen molar-refractivity contribution < 1.29 is 0 Å². The third kappa shape index (κ3) is 2.25. The summed E-state index contributed by atoms with van der Waals surface area (Å²) in [6, 6.07) is 8.32. The Morgan fingerprint density at radius 1 is 1.31 bits per heavy atom. The molecule has 0 amide bonds. The molecule has 0 saturated carbocycles. The van der Waals surface area contributed by atoms with Gasteiger partial charge in [-0.05, 0) is 46.1 Å². The van der Waals surface area contributed by atoms with E-state index in [2.05, 4.69) is 50.9 Å². The van der Waals surface area contributed by atoms with E-state index in [1.165, 1.54) is 21.6 Å². The van der Waals surface area contributed by atoms with Gasteiger partial charge in [0.15, 0.2) is 0 Å². The Bertz CT molecular complexity index is 520. The van der Waals surface area contributed by atoms with Crippen molar-refractivity contribution in [2.24, 2.45) is 5.73 Å². The predicted molar refractivity (Wildman–Crippen MR) is 77.8 cm³/mol. The van der Waals surface area contributed by atoms with Gasteiger partial charge in [-0.3, -0.25) is 0 Å². The van der Waals surface area contributed by atoms with E-state index in [-0.39, 0.29) is 0 Å². The standard InChI is InChI=1S/C12H11Br2NS/c1-7-11(10(6-15)12(14)16-7)8-3-2-4-9(13)5-8/h2-5H,6,15H2,1H3. The third-order valence-corrected chi connectivity index (χ3v) is 4.84. The largest absolute Gasteiger partial charge is 0.326 e. The molecule has 1 aromatic heterocycles. The first-order chi connectivity index (χ1) is 7.63. The van der Waals surface area contributed by atoms with E-state index >= 15 is 0 Å². The number of rotatable bonds is 2. The first-order valence-electron chi connectivity index (χ1n) is 4.87. The second-order valence-corrected chi connectivity index (χ2v) is 6.96. The molecule has 2 aromatic rings. The molecule has 0 unspecified atom stereocenters. The van der Waals surface area contributed by atoms with Crippen molar-refractivity contribution in [2.75, 3.05) is 0 Å². The molecule has 1 aromatic carbocycles. The molecule has 0 radical (unpaired) electrons. The zero-order valence-corrected chi connectivity index (χ0v) is 12.7. The van der Waals surface area contributed by atoms with Crippen LogP contribution in [0.15, 0.2) is 32.5 Å². The number of benzene rings is 1. The molecule has 0 saturated heterocycles. The van der Waals surface area contributed by atoms with Crippen molar-refractivity contribution >= 4 is 43.2 Å². The molecule has 1 nitrogen and oxygen atoms in total. The molecule has 0 spiro atoms. The summed E-state index contributed by atoms with van der Waals surface area (Å²) in [5.41, 5.74) is 9.48. The van der Waals surface area contributed by atoms with E-state index in [1.807, 2.05) is 12.1 Å². The molecule has 4 heteroatoms. The van der Waals surface area contributed by atoms with Crippen LogP contribution in [0.3, 0.4) is 0 Å². The summed E-state index contributed by atoms with van der Waals surface area (Å²) in [5, 5.41) is 0. The molecule has 0 bridgehead atoms. The number of nitrogens with two attached hydrogens (primary N) is 1. The Kier molecular flexibility index (Phi) is 3.85. The van der Waals surface area contributed by atoms with Gasteiger partial charge in [0.1, 0.15) is 0 Å². The highest BCUT2D eigenvalue weighted by molar-refractivity contribution is 9.11. The quantitative estimate of drug-likeness (QED) is 0.824. The van der Waals surface area contributed by atoms with Crippen molar-refractivity contribution in [2.45, 2.75) is 13.5 Å². The van der Waals surface area contributed by atoms with Gasteiger partial charge in [0.25, 0.3) is 0 Å². The fourth-order valence-corrected chi connectivity index (χ4v) is 4.17. The molecule has 84 valence electrons. The average molecular weight is 361 g/mol. The summed E-state index contributed by atoms with van der Waals surface area (Å²) in [5.74, 6) is 0. The second kappa shape index (κ2) is 5.00. The van der Waals surface area contributed by atoms with E-state index in [0.29, 0.717) is 6.54 Å². The molecule has 0 aliphatic carbocycles.